The van der Waals surface area contributed by atoms with Crippen LogP contribution < -0.4 is 4.90 Å². The highest BCUT2D eigenvalue weighted by Crippen LogP contribution is 2.25. The number of likely N-dealkylation sites (N-methyl/N-ethyl adjacent to an activating group) is 1. The van der Waals surface area contributed by atoms with Crippen LogP contribution in [0.1, 0.15) is 29.3 Å². The fourth-order valence-electron chi connectivity index (χ4n) is 3.40. The second-order valence-corrected chi connectivity index (χ2v) is 6.26. The molecular formula is C21H21N3O2. The zero-order valence-electron chi connectivity index (χ0n) is 14.8. The second kappa shape index (κ2) is 7.83. The Hall–Kier alpha value is -3.13. The predicted molar refractivity (Wildman–Crippen MR) is 99.7 cm³/mol. The summed E-state index contributed by atoms with van der Waals surface area (Å²) in [4.78, 5) is 29.3. The van der Waals surface area contributed by atoms with Crippen molar-refractivity contribution in [2.45, 2.75) is 25.8 Å². The highest BCUT2D eigenvalue weighted by molar-refractivity contribution is 6.04. The summed E-state index contributed by atoms with van der Waals surface area (Å²) < 4.78 is 0. The van der Waals surface area contributed by atoms with Gasteiger partial charge in [-0.25, -0.2) is 0 Å². The number of amides is 2. The van der Waals surface area contributed by atoms with Crippen molar-refractivity contribution in [3.63, 3.8) is 0 Å². The highest BCUT2D eigenvalue weighted by Gasteiger charge is 2.38. The van der Waals surface area contributed by atoms with Crippen molar-refractivity contribution < 1.29 is 9.59 Å². The molecule has 3 rings (SSSR count). The van der Waals surface area contributed by atoms with Crippen LogP contribution >= 0.6 is 0 Å². The van der Waals surface area contributed by atoms with Crippen LogP contribution in [0.5, 0.6) is 0 Å². The Morgan fingerprint density at radius 2 is 2.00 bits per heavy atom. The first-order chi connectivity index (χ1) is 12.7. The van der Waals surface area contributed by atoms with Crippen molar-refractivity contribution in [1.82, 2.24) is 4.90 Å². The molecule has 0 N–H and O–H groups in total. The van der Waals surface area contributed by atoms with Gasteiger partial charge in [0.25, 0.3) is 5.91 Å². The Morgan fingerprint density at radius 1 is 1.23 bits per heavy atom. The minimum atomic E-state index is -0.452. The number of rotatable bonds is 5. The maximum Gasteiger partial charge on any atom is 0.254 e. The molecule has 1 aliphatic heterocycles. The Balaban J connectivity index is 1.81. The van der Waals surface area contributed by atoms with Crippen LogP contribution in [0.25, 0.3) is 0 Å². The van der Waals surface area contributed by atoms with Gasteiger partial charge < -0.3 is 9.80 Å². The van der Waals surface area contributed by atoms with Crippen molar-refractivity contribution >= 4 is 17.5 Å². The number of benzene rings is 2. The van der Waals surface area contributed by atoms with Crippen molar-refractivity contribution in [1.29, 1.82) is 5.26 Å². The average molecular weight is 347 g/mol. The van der Waals surface area contributed by atoms with Gasteiger partial charge in [0, 0.05) is 24.3 Å². The molecule has 1 atom stereocenters. The van der Waals surface area contributed by atoms with E-state index in [2.05, 4.69) is 6.07 Å². The predicted octanol–water partition coefficient (Wildman–Crippen LogP) is 3.02. The Kier molecular flexibility index (Phi) is 5.33. The fourth-order valence-corrected chi connectivity index (χ4v) is 3.40. The third kappa shape index (κ3) is 3.45. The molecule has 0 spiro atoms. The number of carbonyl (C=O) groups excluding carboxylic acids is 2. The molecule has 2 amide bonds. The summed E-state index contributed by atoms with van der Waals surface area (Å²) in [6.45, 7) is 2.95. The molecule has 1 fully saturated rings. The van der Waals surface area contributed by atoms with E-state index < -0.39 is 6.04 Å². The third-order valence-corrected chi connectivity index (χ3v) is 4.68. The standard InChI is InChI=1S/C21H21N3O2/c1-2-23(20(25)17-8-6-7-16(15-17)11-13-22)19-12-14-24(21(19)26)18-9-4-3-5-10-18/h3-10,15,19H,2,11-12,14H2,1H3/t19-/m1/s1. The van der Waals surface area contributed by atoms with Crippen LogP contribution in [0.15, 0.2) is 54.6 Å². The Bertz CT molecular complexity index is 842. The quantitative estimate of drug-likeness (QED) is 0.835. The lowest BCUT2D eigenvalue weighted by molar-refractivity contribution is -0.120. The zero-order valence-corrected chi connectivity index (χ0v) is 14.8. The second-order valence-electron chi connectivity index (χ2n) is 6.26. The molecule has 1 heterocycles. The minimum absolute atomic E-state index is 0.0421. The minimum Gasteiger partial charge on any atom is -0.327 e. The molecule has 1 saturated heterocycles. The van der Waals surface area contributed by atoms with E-state index in [0.29, 0.717) is 25.1 Å². The molecule has 5 nitrogen and oxygen atoms in total. The molecule has 0 radical (unpaired) electrons. The smallest absolute Gasteiger partial charge is 0.254 e. The summed E-state index contributed by atoms with van der Waals surface area (Å²) in [5.74, 6) is -0.208. The monoisotopic (exact) mass is 347 g/mol. The largest absolute Gasteiger partial charge is 0.327 e. The molecule has 2 aromatic carbocycles. The van der Waals surface area contributed by atoms with Crippen LogP contribution in [0.2, 0.25) is 0 Å². The molecule has 0 bridgehead atoms. The van der Waals surface area contributed by atoms with Crippen LogP contribution in [0.3, 0.4) is 0 Å². The van der Waals surface area contributed by atoms with Crippen LogP contribution in [0.4, 0.5) is 5.69 Å². The summed E-state index contributed by atoms with van der Waals surface area (Å²) in [7, 11) is 0. The molecule has 2 aromatic rings. The van der Waals surface area contributed by atoms with Crippen molar-refractivity contribution in [2.75, 3.05) is 18.0 Å². The summed E-state index contributed by atoms with van der Waals surface area (Å²) in [5.41, 5.74) is 2.18. The number of para-hydroxylation sites is 1. The lowest BCUT2D eigenvalue weighted by Crippen LogP contribution is -2.45. The first-order valence-electron chi connectivity index (χ1n) is 8.79. The van der Waals surface area contributed by atoms with E-state index in [1.54, 1.807) is 28.0 Å². The van der Waals surface area contributed by atoms with Gasteiger partial charge in [-0.2, -0.15) is 5.26 Å². The topological polar surface area (TPSA) is 64.4 Å². The van der Waals surface area contributed by atoms with Gasteiger partial charge in [-0.05, 0) is 43.2 Å². The van der Waals surface area contributed by atoms with Crippen molar-refractivity contribution in [3.8, 4) is 6.07 Å². The highest BCUT2D eigenvalue weighted by atomic mass is 16.2. The molecule has 1 aliphatic rings. The van der Waals surface area contributed by atoms with E-state index in [1.165, 1.54) is 0 Å². The lowest BCUT2D eigenvalue weighted by atomic mass is 10.1. The molecule has 0 aromatic heterocycles. The summed E-state index contributed by atoms with van der Waals surface area (Å²) in [6, 6.07) is 18.3. The summed E-state index contributed by atoms with van der Waals surface area (Å²) in [5, 5.41) is 8.85. The van der Waals surface area contributed by atoms with Gasteiger partial charge in [0.1, 0.15) is 6.04 Å². The van der Waals surface area contributed by atoms with Gasteiger partial charge in [0.2, 0.25) is 5.91 Å². The number of hydrogen-bond donors (Lipinski definition) is 0. The van der Waals surface area contributed by atoms with E-state index >= 15 is 0 Å². The molecule has 132 valence electrons. The summed E-state index contributed by atoms with van der Waals surface area (Å²) >= 11 is 0. The van der Waals surface area contributed by atoms with E-state index in [1.807, 2.05) is 43.3 Å². The number of hydrogen-bond acceptors (Lipinski definition) is 3. The van der Waals surface area contributed by atoms with Gasteiger partial charge in [0.05, 0.1) is 12.5 Å². The fraction of sp³-hybridized carbons (Fsp3) is 0.286. The van der Waals surface area contributed by atoms with Gasteiger partial charge in [-0.1, -0.05) is 30.3 Å². The SMILES string of the molecule is CCN(C(=O)c1cccc(CC#N)c1)[C@@H]1CCN(c2ccccc2)C1=O. The van der Waals surface area contributed by atoms with E-state index in [0.717, 1.165) is 11.3 Å². The number of carbonyl (C=O) groups is 2. The molecule has 26 heavy (non-hydrogen) atoms. The molecule has 5 heteroatoms. The van der Waals surface area contributed by atoms with E-state index in [9.17, 15) is 9.59 Å². The number of nitriles is 1. The summed E-state index contributed by atoms with van der Waals surface area (Å²) in [6.07, 6.45) is 0.878. The van der Waals surface area contributed by atoms with Crippen molar-refractivity contribution in [2.24, 2.45) is 0 Å². The van der Waals surface area contributed by atoms with E-state index in [-0.39, 0.29) is 18.2 Å². The number of anilines is 1. The molecule has 0 saturated carbocycles. The van der Waals surface area contributed by atoms with Gasteiger partial charge in [-0.3, -0.25) is 9.59 Å². The van der Waals surface area contributed by atoms with Crippen LogP contribution in [-0.2, 0) is 11.2 Å². The normalized spacial score (nSPS) is 16.4. The van der Waals surface area contributed by atoms with Gasteiger partial charge in [0.15, 0.2) is 0 Å². The molecule has 0 aliphatic carbocycles. The average Bonchev–Trinajstić information content (AvgIpc) is 3.05. The maximum atomic E-state index is 13.0. The van der Waals surface area contributed by atoms with Crippen molar-refractivity contribution in [3.05, 3.63) is 65.7 Å². The zero-order chi connectivity index (χ0) is 18.5. The van der Waals surface area contributed by atoms with Crippen LogP contribution in [0, 0.1) is 11.3 Å². The molecular weight excluding hydrogens is 326 g/mol. The van der Waals surface area contributed by atoms with E-state index in [4.69, 9.17) is 5.26 Å². The Morgan fingerprint density at radius 3 is 2.69 bits per heavy atom. The van der Waals surface area contributed by atoms with Crippen LogP contribution in [-0.4, -0.2) is 35.8 Å². The first-order valence-corrected chi connectivity index (χ1v) is 8.79. The maximum absolute atomic E-state index is 13.0. The van der Waals surface area contributed by atoms with Gasteiger partial charge >= 0.3 is 0 Å². The van der Waals surface area contributed by atoms with Gasteiger partial charge in [-0.15, -0.1) is 0 Å². The molecule has 0 unspecified atom stereocenters. The number of nitrogens with zero attached hydrogens (tertiary/aromatic N) is 3. The third-order valence-electron chi connectivity index (χ3n) is 4.68. The Labute approximate surface area is 153 Å². The first kappa shape index (κ1) is 17.7. The lowest BCUT2D eigenvalue weighted by Gasteiger charge is -2.27.